The molecule has 0 saturated carbocycles. The van der Waals surface area contributed by atoms with Crippen LogP contribution in [0, 0.1) is 12.8 Å². The highest BCUT2D eigenvalue weighted by atomic mass is 16.5. The number of aryl methyl sites for hydroxylation is 1. The largest absolute Gasteiger partial charge is 0.379 e. The van der Waals surface area contributed by atoms with Gasteiger partial charge in [0.1, 0.15) is 5.65 Å². The van der Waals surface area contributed by atoms with Gasteiger partial charge in [-0.25, -0.2) is 4.98 Å². The smallest absolute Gasteiger partial charge is 0.225 e. The molecule has 0 bridgehead atoms. The third kappa shape index (κ3) is 5.17. The number of hydrogen-bond donors (Lipinski definition) is 1. The molecule has 30 heavy (non-hydrogen) atoms. The molecule has 0 spiro atoms. The molecule has 1 atom stereocenters. The van der Waals surface area contributed by atoms with Crippen LogP contribution in [0.25, 0.3) is 5.65 Å². The van der Waals surface area contributed by atoms with Crippen molar-refractivity contribution in [1.82, 2.24) is 24.5 Å². The van der Waals surface area contributed by atoms with E-state index in [4.69, 9.17) is 4.74 Å². The average Bonchev–Trinajstić information content (AvgIpc) is 3.16. The van der Waals surface area contributed by atoms with Gasteiger partial charge in [0.15, 0.2) is 0 Å². The lowest BCUT2D eigenvalue weighted by Gasteiger charge is -2.33. The van der Waals surface area contributed by atoms with Gasteiger partial charge >= 0.3 is 0 Å². The van der Waals surface area contributed by atoms with E-state index in [0.717, 1.165) is 56.2 Å². The Hall–Kier alpha value is -2.45. The van der Waals surface area contributed by atoms with E-state index >= 15 is 0 Å². The standard InChI is InChI=1S/C22H31N5O3/c1-17-3-5-20-24-19(16-27(20)14-17)13-23-22(29)18-4-6-21(28)26(15-18)8-2-7-25-9-11-30-12-10-25/h3,5,14,16,18H,2,4,6-13,15H2,1H3,(H,23,29)/t18-/m0/s1. The summed E-state index contributed by atoms with van der Waals surface area (Å²) >= 11 is 0. The first-order chi connectivity index (χ1) is 14.6. The molecule has 0 aromatic carbocycles. The number of morpholine rings is 1. The second-order valence-corrected chi connectivity index (χ2v) is 8.30. The fourth-order valence-corrected chi connectivity index (χ4v) is 4.22. The molecular weight excluding hydrogens is 382 g/mol. The number of pyridine rings is 1. The van der Waals surface area contributed by atoms with E-state index in [0.29, 0.717) is 32.5 Å². The van der Waals surface area contributed by atoms with Gasteiger partial charge in [-0.2, -0.15) is 0 Å². The molecule has 0 unspecified atom stereocenters. The zero-order chi connectivity index (χ0) is 20.9. The summed E-state index contributed by atoms with van der Waals surface area (Å²) in [6, 6.07) is 4.00. The van der Waals surface area contributed by atoms with Crippen LogP contribution >= 0.6 is 0 Å². The summed E-state index contributed by atoms with van der Waals surface area (Å²) in [5, 5.41) is 3.01. The van der Waals surface area contributed by atoms with Crippen molar-refractivity contribution in [3.8, 4) is 0 Å². The van der Waals surface area contributed by atoms with Crippen LogP contribution < -0.4 is 5.32 Å². The van der Waals surface area contributed by atoms with Crippen LogP contribution in [0.2, 0.25) is 0 Å². The summed E-state index contributed by atoms with van der Waals surface area (Å²) in [5.41, 5.74) is 2.87. The molecule has 8 nitrogen and oxygen atoms in total. The average molecular weight is 414 g/mol. The first-order valence-electron chi connectivity index (χ1n) is 10.9. The van der Waals surface area contributed by atoms with Crippen LogP contribution in [0.4, 0.5) is 0 Å². The Morgan fingerprint density at radius 3 is 2.90 bits per heavy atom. The number of likely N-dealkylation sites (tertiary alicyclic amines) is 1. The van der Waals surface area contributed by atoms with Crippen molar-refractivity contribution in [3.05, 3.63) is 35.8 Å². The van der Waals surface area contributed by atoms with Gasteiger partial charge in [-0.1, -0.05) is 6.07 Å². The zero-order valence-corrected chi connectivity index (χ0v) is 17.7. The molecule has 162 valence electrons. The Kier molecular flexibility index (Phi) is 6.64. The second-order valence-electron chi connectivity index (χ2n) is 8.30. The van der Waals surface area contributed by atoms with E-state index in [-0.39, 0.29) is 17.7 Å². The topological polar surface area (TPSA) is 79.2 Å². The van der Waals surface area contributed by atoms with Gasteiger partial charge in [0.2, 0.25) is 11.8 Å². The molecule has 1 N–H and O–H groups in total. The normalized spacial score (nSPS) is 20.6. The Bertz CT molecular complexity index is 890. The third-order valence-electron chi connectivity index (χ3n) is 5.97. The van der Waals surface area contributed by atoms with E-state index in [1.807, 2.05) is 40.8 Å². The van der Waals surface area contributed by atoms with Crippen molar-refractivity contribution >= 4 is 17.5 Å². The maximum Gasteiger partial charge on any atom is 0.225 e. The molecule has 8 heteroatoms. The van der Waals surface area contributed by atoms with Gasteiger partial charge in [-0.05, 0) is 31.4 Å². The third-order valence-corrected chi connectivity index (χ3v) is 5.97. The molecule has 4 rings (SSSR count). The Morgan fingerprint density at radius 1 is 1.23 bits per heavy atom. The molecule has 2 aromatic heterocycles. The number of imidazole rings is 1. The van der Waals surface area contributed by atoms with Gasteiger partial charge in [-0.3, -0.25) is 14.5 Å². The highest BCUT2D eigenvalue weighted by Crippen LogP contribution is 2.18. The Morgan fingerprint density at radius 2 is 2.07 bits per heavy atom. The lowest BCUT2D eigenvalue weighted by atomic mass is 9.96. The van der Waals surface area contributed by atoms with Crippen LogP contribution in [0.5, 0.6) is 0 Å². The number of fused-ring (bicyclic) bond motifs is 1. The van der Waals surface area contributed by atoms with Crippen molar-refractivity contribution in [2.75, 3.05) is 45.9 Å². The fourth-order valence-electron chi connectivity index (χ4n) is 4.22. The minimum atomic E-state index is -0.148. The molecular formula is C22H31N5O3. The van der Waals surface area contributed by atoms with Gasteiger partial charge in [0, 0.05) is 51.5 Å². The maximum absolute atomic E-state index is 12.7. The maximum atomic E-state index is 12.7. The van der Waals surface area contributed by atoms with Crippen LogP contribution in [0.1, 0.15) is 30.5 Å². The fraction of sp³-hybridized carbons (Fsp3) is 0.591. The van der Waals surface area contributed by atoms with Crippen LogP contribution in [-0.4, -0.2) is 76.9 Å². The summed E-state index contributed by atoms with van der Waals surface area (Å²) in [6.07, 6.45) is 5.97. The highest BCUT2D eigenvalue weighted by molar-refractivity contribution is 5.83. The summed E-state index contributed by atoms with van der Waals surface area (Å²) in [6.45, 7) is 8.14. The number of hydrogen-bond acceptors (Lipinski definition) is 5. The number of amides is 2. The minimum Gasteiger partial charge on any atom is -0.379 e. The lowest BCUT2D eigenvalue weighted by Crippen LogP contribution is -2.46. The van der Waals surface area contributed by atoms with Gasteiger partial charge in [0.25, 0.3) is 0 Å². The van der Waals surface area contributed by atoms with Crippen LogP contribution in [-0.2, 0) is 20.9 Å². The SMILES string of the molecule is Cc1ccc2nc(CNC(=O)[C@H]3CCC(=O)N(CCCN4CCOCC4)C3)cn2c1. The minimum absolute atomic E-state index is 0.00826. The predicted octanol–water partition coefficient (Wildman–Crippen LogP) is 1.22. The van der Waals surface area contributed by atoms with Gasteiger partial charge in [0.05, 0.1) is 31.4 Å². The molecule has 2 saturated heterocycles. The van der Waals surface area contributed by atoms with Crippen molar-refractivity contribution in [3.63, 3.8) is 0 Å². The zero-order valence-electron chi connectivity index (χ0n) is 17.7. The number of ether oxygens (including phenoxy) is 1. The van der Waals surface area contributed by atoms with Crippen LogP contribution in [0.3, 0.4) is 0 Å². The number of nitrogens with zero attached hydrogens (tertiary/aromatic N) is 4. The van der Waals surface area contributed by atoms with Gasteiger partial charge < -0.3 is 19.4 Å². The Balaban J connectivity index is 1.25. The molecule has 4 heterocycles. The van der Waals surface area contributed by atoms with E-state index in [9.17, 15) is 9.59 Å². The van der Waals surface area contributed by atoms with Crippen LogP contribution in [0.15, 0.2) is 24.5 Å². The summed E-state index contributed by atoms with van der Waals surface area (Å²) < 4.78 is 7.35. The molecule has 2 aliphatic heterocycles. The molecule has 2 aliphatic rings. The van der Waals surface area contributed by atoms with Gasteiger partial charge in [-0.15, -0.1) is 0 Å². The number of aromatic nitrogens is 2. The number of carbonyl (C=O) groups excluding carboxylic acids is 2. The molecule has 0 aliphatic carbocycles. The highest BCUT2D eigenvalue weighted by Gasteiger charge is 2.30. The van der Waals surface area contributed by atoms with E-state index < -0.39 is 0 Å². The summed E-state index contributed by atoms with van der Waals surface area (Å²) in [4.78, 5) is 33.8. The van der Waals surface area contributed by atoms with E-state index in [1.54, 1.807) is 0 Å². The number of carbonyl (C=O) groups is 2. The van der Waals surface area contributed by atoms with Crippen molar-refractivity contribution in [1.29, 1.82) is 0 Å². The van der Waals surface area contributed by atoms with E-state index in [1.165, 1.54) is 0 Å². The number of rotatable bonds is 7. The van der Waals surface area contributed by atoms with Crippen molar-refractivity contribution < 1.29 is 14.3 Å². The molecule has 2 aromatic rings. The lowest BCUT2D eigenvalue weighted by molar-refractivity contribution is -0.138. The second kappa shape index (κ2) is 9.57. The van der Waals surface area contributed by atoms with Crippen molar-refractivity contribution in [2.45, 2.75) is 32.7 Å². The number of nitrogens with one attached hydrogen (secondary N) is 1. The van der Waals surface area contributed by atoms with Crippen molar-refractivity contribution in [2.24, 2.45) is 5.92 Å². The first-order valence-corrected chi connectivity index (χ1v) is 10.9. The predicted molar refractivity (Wildman–Crippen MR) is 113 cm³/mol. The summed E-state index contributed by atoms with van der Waals surface area (Å²) in [5.74, 6) is 0.0241. The quantitative estimate of drug-likeness (QED) is 0.738. The first kappa shape index (κ1) is 20.8. The monoisotopic (exact) mass is 413 g/mol. The number of piperidine rings is 1. The molecule has 0 radical (unpaired) electrons. The summed E-state index contributed by atoms with van der Waals surface area (Å²) in [7, 11) is 0. The molecule has 2 amide bonds. The van der Waals surface area contributed by atoms with E-state index in [2.05, 4.69) is 15.2 Å². The Labute approximate surface area is 177 Å². The molecule has 2 fully saturated rings.